The molecule has 2 aromatic rings. The molecule has 0 fully saturated rings. The second-order valence-corrected chi connectivity index (χ2v) is 4.85. The number of hydrogen-bond acceptors (Lipinski definition) is 5. The zero-order chi connectivity index (χ0) is 18.2. The number of nitrogens with one attached hydrogen (secondary N) is 2. The Morgan fingerprint density at radius 2 is 1.96 bits per heavy atom. The number of methoxy groups -OCH3 is 1. The maximum absolute atomic E-state index is 12.2. The number of amides is 1. The van der Waals surface area contributed by atoms with Gasteiger partial charge >= 0.3 is 5.97 Å². The Labute approximate surface area is 144 Å². The van der Waals surface area contributed by atoms with E-state index in [4.69, 9.17) is 9.84 Å². The van der Waals surface area contributed by atoms with Crippen LogP contribution in [0.25, 0.3) is 0 Å². The van der Waals surface area contributed by atoms with E-state index in [0.717, 1.165) is 0 Å². The van der Waals surface area contributed by atoms with Crippen molar-refractivity contribution in [2.45, 2.75) is 0 Å². The molecule has 0 aliphatic heterocycles. The molecule has 126 valence electrons. The molecular formula is C18H15N3O4. The lowest BCUT2D eigenvalue weighted by molar-refractivity contribution is -0.112. The van der Waals surface area contributed by atoms with E-state index in [2.05, 4.69) is 10.6 Å². The topological polar surface area (TPSA) is 111 Å². The van der Waals surface area contributed by atoms with E-state index in [-0.39, 0.29) is 11.1 Å². The smallest absolute Gasteiger partial charge is 0.335 e. The predicted octanol–water partition coefficient (Wildman–Crippen LogP) is 2.85. The highest BCUT2D eigenvalue weighted by Gasteiger charge is 2.12. The number of nitrogens with zero attached hydrogens (tertiary/aromatic N) is 1. The fourth-order valence-electron chi connectivity index (χ4n) is 1.98. The molecule has 7 heteroatoms. The second kappa shape index (κ2) is 8.17. The Kier molecular flexibility index (Phi) is 5.74. The number of carbonyl (C=O) groups excluding carboxylic acids is 1. The van der Waals surface area contributed by atoms with Gasteiger partial charge in [0.15, 0.2) is 0 Å². The van der Waals surface area contributed by atoms with Gasteiger partial charge in [0.2, 0.25) is 0 Å². The average Bonchev–Trinajstić information content (AvgIpc) is 2.63. The van der Waals surface area contributed by atoms with Crippen LogP contribution < -0.4 is 15.4 Å². The van der Waals surface area contributed by atoms with Crippen molar-refractivity contribution in [3.63, 3.8) is 0 Å². The van der Waals surface area contributed by atoms with Crippen molar-refractivity contribution < 1.29 is 19.4 Å². The first-order valence-electron chi connectivity index (χ1n) is 7.19. The van der Waals surface area contributed by atoms with Crippen molar-refractivity contribution in [3.05, 3.63) is 65.9 Å². The summed E-state index contributed by atoms with van der Waals surface area (Å²) in [4.78, 5) is 23.2. The summed E-state index contributed by atoms with van der Waals surface area (Å²) in [6, 6.07) is 14.6. The van der Waals surface area contributed by atoms with E-state index in [1.54, 1.807) is 42.5 Å². The number of para-hydroxylation sites is 2. The van der Waals surface area contributed by atoms with Crippen LogP contribution in [0.1, 0.15) is 10.4 Å². The van der Waals surface area contributed by atoms with E-state index in [1.807, 2.05) is 0 Å². The summed E-state index contributed by atoms with van der Waals surface area (Å²) in [5.74, 6) is -1.22. The maximum atomic E-state index is 12.2. The molecule has 25 heavy (non-hydrogen) atoms. The average molecular weight is 337 g/mol. The van der Waals surface area contributed by atoms with Gasteiger partial charge in [-0.15, -0.1) is 0 Å². The molecule has 0 bridgehead atoms. The number of ether oxygens (including phenoxy) is 1. The Balaban J connectivity index is 2.14. The third-order valence-corrected chi connectivity index (χ3v) is 3.21. The molecule has 1 amide bonds. The van der Waals surface area contributed by atoms with E-state index in [1.165, 1.54) is 25.4 Å². The van der Waals surface area contributed by atoms with Crippen LogP contribution in [0, 0.1) is 11.3 Å². The van der Waals surface area contributed by atoms with Crippen molar-refractivity contribution in [2.24, 2.45) is 0 Å². The van der Waals surface area contributed by atoms with Crippen LogP contribution in [0.4, 0.5) is 11.4 Å². The largest absolute Gasteiger partial charge is 0.495 e. The number of hydrogen-bond donors (Lipinski definition) is 3. The van der Waals surface area contributed by atoms with Gasteiger partial charge in [-0.1, -0.05) is 18.2 Å². The van der Waals surface area contributed by atoms with E-state index < -0.39 is 11.9 Å². The zero-order valence-corrected chi connectivity index (χ0v) is 13.3. The Morgan fingerprint density at radius 3 is 2.64 bits per heavy atom. The highest BCUT2D eigenvalue weighted by molar-refractivity contribution is 6.07. The van der Waals surface area contributed by atoms with Crippen molar-refractivity contribution in [1.29, 1.82) is 5.26 Å². The number of carbonyl (C=O) groups is 2. The van der Waals surface area contributed by atoms with Crippen molar-refractivity contribution in [1.82, 2.24) is 0 Å². The molecule has 0 aromatic heterocycles. The molecular weight excluding hydrogens is 322 g/mol. The van der Waals surface area contributed by atoms with Gasteiger partial charge in [-0.2, -0.15) is 5.26 Å². The molecule has 2 aromatic carbocycles. The first-order chi connectivity index (χ1) is 12.0. The number of anilines is 2. The Hall–Kier alpha value is -3.79. The number of aromatic carboxylic acids is 1. The second-order valence-electron chi connectivity index (χ2n) is 4.85. The first-order valence-corrected chi connectivity index (χ1v) is 7.19. The van der Waals surface area contributed by atoms with Gasteiger partial charge in [0.05, 0.1) is 18.4 Å². The van der Waals surface area contributed by atoms with Gasteiger partial charge < -0.3 is 20.5 Å². The molecule has 0 saturated carbocycles. The molecule has 0 radical (unpaired) electrons. The highest BCUT2D eigenvalue weighted by atomic mass is 16.5. The number of carboxylic acids is 1. The maximum Gasteiger partial charge on any atom is 0.335 e. The Bertz CT molecular complexity index is 869. The molecule has 0 aliphatic rings. The van der Waals surface area contributed by atoms with Crippen LogP contribution >= 0.6 is 0 Å². The minimum absolute atomic E-state index is 0.0929. The van der Waals surface area contributed by atoms with Crippen LogP contribution in [-0.2, 0) is 4.79 Å². The number of carboxylic acid groups (broad SMARTS) is 1. The summed E-state index contributed by atoms with van der Waals surface area (Å²) >= 11 is 0. The molecule has 7 nitrogen and oxygen atoms in total. The summed E-state index contributed by atoms with van der Waals surface area (Å²) in [5, 5.41) is 23.5. The molecule has 0 spiro atoms. The molecule has 0 atom stereocenters. The van der Waals surface area contributed by atoms with E-state index in [0.29, 0.717) is 17.1 Å². The number of nitriles is 1. The van der Waals surface area contributed by atoms with Gasteiger partial charge in [0.1, 0.15) is 17.4 Å². The van der Waals surface area contributed by atoms with Crippen LogP contribution in [-0.4, -0.2) is 24.1 Å². The Morgan fingerprint density at radius 1 is 1.20 bits per heavy atom. The first kappa shape index (κ1) is 17.6. The van der Waals surface area contributed by atoms with Gasteiger partial charge in [0.25, 0.3) is 5.91 Å². The molecule has 3 N–H and O–H groups in total. The lowest BCUT2D eigenvalue weighted by Crippen LogP contribution is -2.15. The van der Waals surface area contributed by atoms with Crippen LogP contribution in [0.3, 0.4) is 0 Å². The molecule has 2 rings (SSSR count). The summed E-state index contributed by atoms with van der Waals surface area (Å²) in [6.45, 7) is 0. The predicted molar refractivity (Wildman–Crippen MR) is 92.3 cm³/mol. The summed E-state index contributed by atoms with van der Waals surface area (Å²) in [5.41, 5.74) is 0.795. The zero-order valence-electron chi connectivity index (χ0n) is 13.3. The summed E-state index contributed by atoms with van der Waals surface area (Å²) in [6.07, 6.45) is 1.21. The van der Waals surface area contributed by atoms with Crippen molar-refractivity contribution in [3.8, 4) is 11.8 Å². The number of rotatable bonds is 6. The van der Waals surface area contributed by atoms with Gasteiger partial charge in [-0.05, 0) is 30.3 Å². The van der Waals surface area contributed by atoms with Crippen LogP contribution in [0.5, 0.6) is 5.75 Å². The van der Waals surface area contributed by atoms with Crippen LogP contribution in [0.2, 0.25) is 0 Å². The monoisotopic (exact) mass is 337 g/mol. The third kappa shape index (κ3) is 4.59. The molecule has 0 saturated heterocycles. The number of benzene rings is 2. The third-order valence-electron chi connectivity index (χ3n) is 3.21. The highest BCUT2D eigenvalue weighted by Crippen LogP contribution is 2.23. The lowest BCUT2D eigenvalue weighted by Gasteiger charge is -2.09. The normalized spacial score (nSPS) is 10.5. The molecule has 0 heterocycles. The van der Waals surface area contributed by atoms with Crippen molar-refractivity contribution >= 4 is 23.3 Å². The summed E-state index contributed by atoms with van der Waals surface area (Å²) in [7, 11) is 1.48. The molecule has 0 aliphatic carbocycles. The lowest BCUT2D eigenvalue weighted by atomic mass is 10.2. The fraction of sp³-hybridized carbons (Fsp3) is 0.0556. The quantitative estimate of drug-likeness (QED) is 0.552. The van der Waals surface area contributed by atoms with E-state index >= 15 is 0 Å². The van der Waals surface area contributed by atoms with Gasteiger partial charge in [-0.3, -0.25) is 4.79 Å². The fourth-order valence-corrected chi connectivity index (χ4v) is 1.98. The minimum Gasteiger partial charge on any atom is -0.495 e. The van der Waals surface area contributed by atoms with Crippen LogP contribution in [0.15, 0.2) is 60.3 Å². The van der Waals surface area contributed by atoms with E-state index in [9.17, 15) is 14.9 Å². The van der Waals surface area contributed by atoms with Crippen molar-refractivity contribution in [2.75, 3.05) is 17.7 Å². The standard InChI is InChI=1S/C18H15N3O4/c1-25-16-8-3-2-7-15(16)21-17(22)13(10-19)11-20-14-6-4-5-12(9-14)18(23)24/h2-9,11,20H,1H3,(H,21,22)(H,23,24)/b13-11-. The molecule has 0 unspecified atom stereocenters. The minimum atomic E-state index is -1.07. The van der Waals surface area contributed by atoms with Gasteiger partial charge in [0, 0.05) is 11.9 Å². The summed E-state index contributed by atoms with van der Waals surface area (Å²) < 4.78 is 5.14. The van der Waals surface area contributed by atoms with Gasteiger partial charge in [-0.25, -0.2) is 4.79 Å². The SMILES string of the molecule is COc1ccccc1NC(=O)/C(C#N)=C\Nc1cccc(C(=O)O)c1.